The van der Waals surface area contributed by atoms with Crippen molar-refractivity contribution >= 4 is 0 Å². The highest BCUT2D eigenvalue weighted by Gasteiger charge is 2.35. The topological polar surface area (TPSA) is 26.0 Å². The minimum absolute atomic E-state index is 0.150. The summed E-state index contributed by atoms with van der Waals surface area (Å²) in [7, 11) is 0. The summed E-state index contributed by atoms with van der Waals surface area (Å²) in [4.78, 5) is 0. The Morgan fingerprint density at radius 2 is 1.86 bits per heavy atom. The van der Waals surface area contributed by atoms with Gasteiger partial charge in [0, 0.05) is 6.04 Å². The van der Waals surface area contributed by atoms with Gasteiger partial charge in [-0.1, -0.05) is 18.2 Å². The first-order chi connectivity index (χ1) is 6.34. The van der Waals surface area contributed by atoms with Crippen molar-refractivity contribution < 1.29 is 13.2 Å². The highest BCUT2D eigenvalue weighted by Crippen LogP contribution is 2.36. The van der Waals surface area contributed by atoms with Gasteiger partial charge in [0.05, 0.1) is 5.56 Å². The first-order valence-corrected chi connectivity index (χ1v) is 4.26. The summed E-state index contributed by atoms with van der Waals surface area (Å²) in [6.07, 6.45) is -4.33. The Kier molecular flexibility index (Phi) is 2.85. The average molecular weight is 203 g/mol. The minimum atomic E-state index is -4.33. The van der Waals surface area contributed by atoms with E-state index in [0.717, 1.165) is 0 Å². The molecule has 78 valence electrons. The third-order valence-electron chi connectivity index (χ3n) is 2.08. The molecule has 2 N–H and O–H groups in total. The number of aryl methyl sites for hydroxylation is 1. The Labute approximate surface area is 80.7 Å². The maximum absolute atomic E-state index is 12.6. The van der Waals surface area contributed by atoms with Crippen LogP contribution < -0.4 is 5.73 Å². The van der Waals surface area contributed by atoms with E-state index < -0.39 is 17.8 Å². The van der Waals surface area contributed by atoms with E-state index in [1.54, 1.807) is 13.0 Å². The summed E-state index contributed by atoms with van der Waals surface area (Å²) >= 11 is 0. The number of alkyl halides is 3. The Morgan fingerprint density at radius 3 is 2.21 bits per heavy atom. The lowest BCUT2D eigenvalue weighted by Gasteiger charge is -2.17. The van der Waals surface area contributed by atoms with E-state index in [2.05, 4.69) is 0 Å². The van der Waals surface area contributed by atoms with Crippen LogP contribution in [0.5, 0.6) is 0 Å². The molecule has 0 fully saturated rings. The lowest BCUT2D eigenvalue weighted by molar-refractivity contribution is -0.138. The number of benzene rings is 1. The van der Waals surface area contributed by atoms with E-state index in [4.69, 9.17) is 5.73 Å². The van der Waals surface area contributed by atoms with Crippen molar-refractivity contribution in [1.29, 1.82) is 0 Å². The van der Waals surface area contributed by atoms with Gasteiger partial charge >= 0.3 is 6.18 Å². The predicted octanol–water partition coefficient (Wildman–Crippen LogP) is 3.03. The molecule has 0 saturated carbocycles. The molecule has 1 aromatic carbocycles. The lowest BCUT2D eigenvalue weighted by Crippen LogP contribution is -2.16. The molecule has 1 rings (SSSR count). The molecular formula is C10H12F3N. The van der Waals surface area contributed by atoms with Crippen LogP contribution in [0.2, 0.25) is 0 Å². The number of rotatable bonds is 1. The van der Waals surface area contributed by atoms with Crippen LogP contribution in [-0.2, 0) is 6.18 Å². The monoisotopic (exact) mass is 203 g/mol. The summed E-state index contributed by atoms with van der Waals surface area (Å²) in [5, 5.41) is 0. The van der Waals surface area contributed by atoms with Gasteiger partial charge in [-0.25, -0.2) is 0 Å². The van der Waals surface area contributed by atoms with Crippen LogP contribution in [0, 0.1) is 6.92 Å². The molecular weight excluding hydrogens is 191 g/mol. The van der Waals surface area contributed by atoms with E-state index >= 15 is 0 Å². The van der Waals surface area contributed by atoms with Crippen LogP contribution in [-0.4, -0.2) is 0 Å². The number of hydrogen-bond acceptors (Lipinski definition) is 1. The van der Waals surface area contributed by atoms with E-state index in [0.29, 0.717) is 0 Å². The molecule has 1 nitrogen and oxygen atoms in total. The van der Waals surface area contributed by atoms with Gasteiger partial charge in [0.2, 0.25) is 0 Å². The largest absolute Gasteiger partial charge is 0.416 e. The smallest absolute Gasteiger partial charge is 0.324 e. The summed E-state index contributed by atoms with van der Waals surface area (Å²) in [6, 6.07) is 3.84. The zero-order chi connectivity index (χ0) is 10.9. The quantitative estimate of drug-likeness (QED) is 0.745. The molecule has 1 unspecified atom stereocenters. The van der Waals surface area contributed by atoms with Crippen LogP contribution >= 0.6 is 0 Å². The van der Waals surface area contributed by atoms with Crippen LogP contribution in [0.15, 0.2) is 18.2 Å². The molecule has 0 saturated heterocycles. The molecule has 4 heteroatoms. The van der Waals surface area contributed by atoms with E-state index in [1.165, 1.54) is 19.1 Å². The van der Waals surface area contributed by atoms with Crippen molar-refractivity contribution in [2.45, 2.75) is 26.1 Å². The number of hydrogen-bond donors (Lipinski definition) is 1. The number of nitrogens with two attached hydrogens (primary N) is 1. The second-order valence-corrected chi connectivity index (χ2v) is 3.33. The summed E-state index contributed by atoms with van der Waals surface area (Å²) in [6.45, 7) is 2.98. The third kappa shape index (κ3) is 2.07. The maximum atomic E-state index is 12.6. The standard InChI is InChI=1S/C10H12F3N/c1-6-4-3-5-8(7(2)14)9(6)10(11,12)13/h3-5,7H,14H2,1-2H3. The normalized spacial score (nSPS) is 14.1. The highest BCUT2D eigenvalue weighted by atomic mass is 19.4. The van der Waals surface area contributed by atoms with Gasteiger partial charge in [-0.2, -0.15) is 13.2 Å². The fraction of sp³-hybridized carbons (Fsp3) is 0.400. The second kappa shape index (κ2) is 3.61. The molecule has 0 aliphatic rings. The average Bonchev–Trinajstić information content (AvgIpc) is 2.01. The maximum Gasteiger partial charge on any atom is 0.416 e. The first-order valence-electron chi connectivity index (χ1n) is 4.26. The molecule has 0 spiro atoms. The first kappa shape index (κ1) is 11.0. The van der Waals surface area contributed by atoms with Crippen molar-refractivity contribution in [2.75, 3.05) is 0 Å². The summed E-state index contributed by atoms with van der Waals surface area (Å²) < 4.78 is 37.8. The number of halogens is 3. The predicted molar refractivity (Wildman–Crippen MR) is 48.8 cm³/mol. The molecule has 0 bridgehead atoms. The Balaban J connectivity index is 3.38. The fourth-order valence-electron chi connectivity index (χ4n) is 1.46. The summed E-state index contributed by atoms with van der Waals surface area (Å²) in [5.74, 6) is 0. The van der Waals surface area contributed by atoms with Gasteiger partial charge in [-0.05, 0) is 25.0 Å². The van der Waals surface area contributed by atoms with Gasteiger partial charge in [0.15, 0.2) is 0 Å². The van der Waals surface area contributed by atoms with E-state index in [1.807, 2.05) is 0 Å². The Bertz CT molecular complexity index is 329. The van der Waals surface area contributed by atoms with E-state index in [9.17, 15) is 13.2 Å². The molecule has 1 aromatic rings. The molecule has 1 atom stereocenters. The Morgan fingerprint density at radius 1 is 1.29 bits per heavy atom. The van der Waals surface area contributed by atoms with E-state index in [-0.39, 0.29) is 11.1 Å². The third-order valence-corrected chi connectivity index (χ3v) is 2.08. The van der Waals surface area contributed by atoms with Gasteiger partial charge in [0.1, 0.15) is 0 Å². The van der Waals surface area contributed by atoms with Crippen LogP contribution in [0.4, 0.5) is 13.2 Å². The van der Waals surface area contributed by atoms with Crippen LogP contribution in [0.3, 0.4) is 0 Å². The van der Waals surface area contributed by atoms with Crippen molar-refractivity contribution in [1.82, 2.24) is 0 Å². The van der Waals surface area contributed by atoms with Crippen molar-refractivity contribution in [3.8, 4) is 0 Å². The second-order valence-electron chi connectivity index (χ2n) is 3.33. The van der Waals surface area contributed by atoms with Crippen molar-refractivity contribution in [3.63, 3.8) is 0 Å². The molecule has 0 heterocycles. The molecule has 0 radical (unpaired) electrons. The molecule has 0 aliphatic carbocycles. The fourth-order valence-corrected chi connectivity index (χ4v) is 1.46. The minimum Gasteiger partial charge on any atom is -0.324 e. The highest BCUT2D eigenvalue weighted by molar-refractivity contribution is 5.38. The van der Waals surface area contributed by atoms with Gasteiger partial charge in [0.25, 0.3) is 0 Å². The van der Waals surface area contributed by atoms with Crippen LogP contribution in [0.25, 0.3) is 0 Å². The lowest BCUT2D eigenvalue weighted by atomic mass is 9.97. The van der Waals surface area contributed by atoms with Crippen molar-refractivity contribution in [2.24, 2.45) is 5.73 Å². The zero-order valence-electron chi connectivity index (χ0n) is 8.02. The van der Waals surface area contributed by atoms with Gasteiger partial charge in [-0.3, -0.25) is 0 Å². The molecule has 14 heavy (non-hydrogen) atoms. The zero-order valence-corrected chi connectivity index (χ0v) is 8.02. The Hall–Kier alpha value is -1.03. The molecule has 0 aliphatic heterocycles. The van der Waals surface area contributed by atoms with Crippen molar-refractivity contribution in [3.05, 3.63) is 34.9 Å². The van der Waals surface area contributed by atoms with Gasteiger partial charge in [-0.15, -0.1) is 0 Å². The van der Waals surface area contributed by atoms with Crippen LogP contribution in [0.1, 0.15) is 29.7 Å². The molecule has 0 aromatic heterocycles. The SMILES string of the molecule is Cc1cccc(C(C)N)c1C(F)(F)F. The molecule has 0 amide bonds. The summed E-state index contributed by atoms with van der Waals surface area (Å²) in [5.41, 5.74) is 5.24. The van der Waals surface area contributed by atoms with Gasteiger partial charge < -0.3 is 5.73 Å².